The van der Waals surface area contributed by atoms with Gasteiger partial charge < -0.3 is 15.7 Å². The van der Waals surface area contributed by atoms with Gasteiger partial charge in [0.1, 0.15) is 0 Å². The van der Waals surface area contributed by atoms with Crippen molar-refractivity contribution in [3.05, 3.63) is 59.9 Å². The first-order valence-corrected chi connectivity index (χ1v) is 6.42. The summed E-state index contributed by atoms with van der Waals surface area (Å²) in [6.45, 7) is 0.0136. The van der Waals surface area contributed by atoms with Gasteiger partial charge in [-0.3, -0.25) is 14.6 Å². The van der Waals surface area contributed by atoms with Crippen LogP contribution < -0.4 is 10.6 Å². The molecule has 0 radical (unpaired) electrons. The maximum Gasteiger partial charge on any atom is 0.257 e. The minimum atomic E-state index is -0.355. The largest absolute Gasteiger partial charge is 0.395 e. The fourth-order valence-corrected chi connectivity index (χ4v) is 1.75. The maximum atomic E-state index is 12.1. The fraction of sp³-hybridized carbons (Fsp3) is 0.133. The lowest BCUT2D eigenvalue weighted by Gasteiger charge is -2.10. The standard InChI is InChI=1S/C15H15N3O3/c19-9-8-17-15(21)12-5-1-2-6-13(12)18-14(20)11-4-3-7-16-10-11/h1-7,10,19H,8-9H2,(H,17,21)(H,18,20). The Bertz CT molecular complexity index is 629. The number of carbonyl (C=O) groups is 2. The van der Waals surface area contributed by atoms with E-state index in [0.29, 0.717) is 16.8 Å². The van der Waals surface area contributed by atoms with Crippen LogP contribution >= 0.6 is 0 Å². The van der Waals surface area contributed by atoms with Crippen molar-refractivity contribution in [3.8, 4) is 0 Å². The van der Waals surface area contributed by atoms with Gasteiger partial charge >= 0.3 is 0 Å². The summed E-state index contributed by atoms with van der Waals surface area (Å²) in [5, 5.41) is 14.0. The molecule has 0 saturated carbocycles. The van der Waals surface area contributed by atoms with Gasteiger partial charge in [-0.05, 0) is 24.3 Å². The normalized spacial score (nSPS) is 9.95. The number of rotatable bonds is 5. The third kappa shape index (κ3) is 3.87. The van der Waals surface area contributed by atoms with Crippen LogP contribution in [0.3, 0.4) is 0 Å². The second kappa shape index (κ2) is 7.16. The van der Waals surface area contributed by atoms with Crippen molar-refractivity contribution < 1.29 is 14.7 Å². The lowest BCUT2D eigenvalue weighted by atomic mass is 10.1. The van der Waals surface area contributed by atoms with E-state index in [9.17, 15) is 9.59 Å². The van der Waals surface area contributed by atoms with Gasteiger partial charge in [0.05, 0.1) is 23.4 Å². The number of nitrogens with one attached hydrogen (secondary N) is 2. The molecule has 2 amide bonds. The molecular formula is C15H15N3O3. The average molecular weight is 285 g/mol. The molecule has 0 aliphatic rings. The van der Waals surface area contributed by atoms with E-state index in [1.54, 1.807) is 42.6 Å². The van der Waals surface area contributed by atoms with Crippen LogP contribution in [0.5, 0.6) is 0 Å². The number of aromatic nitrogens is 1. The van der Waals surface area contributed by atoms with Gasteiger partial charge in [0.2, 0.25) is 0 Å². The van der Waals surface area contributed by atoms with Crippen LogP contribution in [0.15, 0.2) is 48.8 Å². The predicted octanol–water partition coefficient (Wildman–Crippen LogP) is 1.06. The molecule has 0 bridgehead atoms. The van der Waals surface area contributed by atoms with Gasteiger partial charge in [-0.2, -0.15) is 0 Å². The van der Waals surface area contributed by atoms with Crippen LogP contribution in [0.25, 0.3) is 0 Å². The van der Waals surface area contributed by atoms with E-state index >= 15 is 0 Å². The topological polar surface area (TPSA) is 91.3 Å². The van der Waals surface area contributed by atoms with Crippen molar-refractivity contribution in [2.45, 2.75) is 0 Å². The van der Waals surface area contributed by atoms with Gasteiger partial charge in [0.25, 0.3) is 11.8 Å². The van der Waals surface area contributed by atoms with Crippen molar-refractivity contribution in [2.24, 2.45) is 0 Å². The molecule has 6 nitrogen and oxygen atoms in total. The molecule has 2 aromatic rings. The van der Waals surface area contributed by atoms with E-state index in [-0.39, 0.29) is 25.0 Å². The van der Waals surface area contributed by atoms with Crippen LogP contribution in [-0.4, -0.2) is 35.1 Å². The lowest BCUT2D eigenvalue weighted by Crippen LogP contribution is -2.27. The highest BCUT2D eigenvalue weighted by atomic mass is 16.3. The van der Waals surface area contributed by atoms with Gasteiger partial charge in [0, 0.05) is 18.9 Å². The Hall–Kier alpha value is -2.73. The Balaban J connectivity index is 2.17. The SMILES string of the molecule is O=C(Nc1ccccc1C(=O)NCCO)c1cccnc1. The zero-order chi connectivity index (χ0) is 15.1. The minimum Gasteiger partial charge on any atom is -0.395 e. The highest BCUT2D eigenvalue weighted by Gasteiger charge is 2.13. The number of aliphatic hydroxyl groups is 1. The summed E-state index contributed by atoms with van der Waals surface area (Å²) >= 11 is 0. The Labute approximate surface area is 121 Å². The van der Waals surface area contributed by atoms with E-state index in [2.05, 4.69) is 15.6 Å². The molecule has 0 saturated heterocycles. The van der Waals surface area contributed by atoms with E-state index < -0.39 is 0 Å². The number of pyridine rings is 1. The molecule has 0 unspecified atom stereocenters. The molecule has 0 atom stereocenters. The van der Waals surface area contributed by atoms with Gasteiger partial charge in [-0.25, -0.2) is 0 Å². The van der Waals surface area contributed by atoms with Crippen molar-refractivity contribution >= 4 is 17.5 Å². The van der Waals surface area contributed by atoms with Crippen molar-refractivity contribution in [1.82, 2.24) is 10.3 Å². The van der Waals surface area contributed by atoms with Crippen molar-refractivity contribution in [1.29, 1.82) is 0 Å². The first-order valence-electron chi connectivity index (χ1n) is 6.42. The monoisotopic (exact) mass is 285 g/mol. The zero-order valence-corrected chi connectivity index (χ0v) is 11.2. The molecule has 1 aromatic carbocycles. The quantitative estimate of drug-likeness (QED) is 0.766. The summed E-state index contributed by atoms with van der Waals surface area (Å²) in [6, 6.07) is 9.97. The molecular weight excluding hydrogens is 270 g/mol. The van der Waals surface area contributed by atoms with E-state index in [1.165, 1.54) is 6.20 Å². The molecule has 0 aliphatic carbocycles. The minimum absolute atomic E-state index is 0.143. The number of hydrogen-bond acceptors (Lipinski definition) is 4. The fourth-order valence-electron chi connectivity index (χ4n) is 1.75. The summed E-state index contributed by atoms with van der Waals surface area (Å²) in [4.78, 5) is 27.9. The number of nitrogens with zero attached hydrogens (tertiary/aromatic N) is 1. The number of hydrogen-bond donors (Lipinski definition) is 3. The molecule has 108 valence electrons. The molecule has 0 aliphatic heterocycles. The molecule has 3 N–H and O–H groups in total. The summed E-state index contributed by atoms with van der Waals surface area (Å²) < 4.78 is 0. The summed E-state index contributed by atoms with van der Waals surface area (Å²) in [6.07, 6.45) is 3.02. The number of anilines is 1. The van der Waals surface area contributed by atoms with E-state index in [1.807, 2.05) is 0 Å². The third-order valence-electron chi connectivity index (χ3n) is 2.74. The van der Waals surface area contributed by atoms with Crippen molar-refractivity contribution in [2.75, 3.05) is 18.5 Å². The predicted molar refractivity (Wildman–Crippen MR) is 78.1 cm³/mol. The molecule has 6 heteroatoms. The highest BCUT2D eigenvalue weighted by molar-refractivity contribution is 6.08. The number of carbonyl (C=O) groups excluding carboxylic acids is 2. The molecule has 21 heavy (non-hydrogen) atoms. The van der Waals surface area contributed by atoms with Crippen molar-refractivity contribution in [3.63, 3.8) is 0 Å². The first kappa shape index (κ1) is 14.7. The Morgan fingerprint density at radius 3 is 2.62 bits per heavy atom. The number of aliphatic hydroxyl groups excluding tert-OH is 1. The Morgan fingerprint density at radius 1 is 1.10 bits per heavy atom. The summed E-state index contributed by atoms with van der Waals surface area (Å²) in [5.74, 6) is -0.698. The van der Waals surface area contributed by atoms with Crippen LogP contribution in [-0.2, 0) is 0 Å². The van der Waals surface area contributed by atoms with E-state index in [0.717, 1.165) is 0 Å². The number of benzene rings is 1. The lowest BCUT2D eigenvalue weighted by molar-refractivity contribution is 0.0945. The molecule has 1 aromatic heterocycles. The average Bonchev–Trinajstić information content (AvgIpc) is 2.54. The zero-order valence-electron chi connectivity index (χ0n) is 11.2. The molecule has 0 fully saturated rings. The maximum absolute atomic E-state index is 12.1. The van der Waals surface area contributed by atoms with Crippen LogP contribution in [0.4, 0.5) is 5.69 Å². The number of amides is 2. The summed E-state index contributed by atoms with van der Waals surface area (Å²) in [5.41, 5.74) is 1.15. The highest BCUT2D eigenvalue weighted by Crippen LogP contribution is 2.16. The van der Waals surface area contributed by atoms with Gasteiger partial charge in [-0.15, -0.1) is 0 Å². The second-order valence-corrected chi connectivity index (χ2v) is 4.22. The first-order chi connectivity index (χ1) is 10.2. The third-order valence-corrected chi connectivity index (χ3v) is 2.74. The van der Waals surface area contributed by atoms with Gasteiger partial charge in [0.15, 0.2) is 0 Å². The smallest absolute Gasteiger partial charge is 0.257 e. The van der Waals surface area contributed by atoms with Crippen LogP contribution in [0.2, 0.25) is 0 Å². The van der Waals surface area contributed by atoms with Crippen LogP contribution in [0, 0.1) is 0 Å². The molecule has 1 heterocycles. The summed E-state index contributed by atoms with van der Waals surface area (Å²) in [7, 11) is 0. The van der Waals surface area contributed by atoms with E-state index in [4.69, 9.17) is 5.11 Å². The Kier molecular flexibility index (Phi) is 5.00. The van der Waals surface area contributed by atoms with Crippen LogP contribution in [0.1, 0.15) is 20.7 Å². The second-order valence-electron chi connectivity index (χ2n) is 4.22. The molecule has 0 spiro atoms. The number of para-hydroxylation sites is 1. The van der Waals surface area contributed by atoms with Gasteiger partial charge in [-0.1, -0.05) is 12.1 Å². The molecule has 2 rings (SSSR count). The Morgan fingerprint density at radius 2 is 1.90 bits per heavy atom.